The lowest BCUT2D eigenvalue weighted by Crippen LogP contribution is -2.28. The molecule has 1 nitrogen and oxygen atoms in total. The summed E-state index contributed by atoms with van der Waals surface area (Å²) in [6.07, 6.45) is 0.895. The second-order valence-electron chi connectivity index (χ2n) is 5.36. The standard InChI is InChI=1S/C18H21Cl2N/c1-3-21-18(14-7-5-4-6-8-14)13(2)11-15-12-16(19)9-10-17(15)20/h4-10,12-13,18,21H,3,11H2,1-2H3. The molecule has 1 N–H and O–H groups in total. The van der Waals surface area contributed by atoms with Crippen LogP contribution in [-0.4, -0.2) is 6.54 Å². The van der Waals surface area contributed by atoms with Crippen LogP contribution >= 0.6 is 23.2 Å². The summed E-state index contributed by atoms with van der Waals surface area (Å²) in [6, 6.07) is 16.5. The van der Waals surface area contributed by atoms with Gasteiger partial charge in [-0.25, -0.2) is 0 Å². The Bertz CT molecular complexity index is 569. The Kier molecular flexibility index (Phi) is 6.10. The van der Waals surface area contributed by atoms with Crippen LogP contribution in [0.4, 0.5) is 0 Å². The Morgan fingerprint density at radius 1 is 1.05 bits per heavy atom. The zero-order chi connectivity index (χ0) is 15.2. The van der Waals surface area contributed by atoms with Gasteiger partial charge >= 0.3 is 0 Å². The first-order valence-corrected chi connectivity index (χ1v) is 8.09. The predicted molar refractivity (Wildman–Crippen MR) is 92.2 cm³/mol. The van der Waals surface area contributed by atoms with Crippen molar-refractivity contribution < 1.29 is 0 Å². The summed E-state index contributed by atoms with van der Waals surface area (Å²) in [5.74, 6) is 0.420. The van der Waals surface area contributed by atoms with Crippen LogP contribution in [-0.2, 0) is 6.42 Å². The maximum atomic E-state index is 6.29. The number of rotatable bonds is 6. The molecule has 0 aliphatic rings. The van der Waals surface area contributed by atoms with E-state index < -0.39 is 0 Å². The number of nitrogens with one attached hydrogen (secondary N) is 1. The third-order valence-corrected chi connectivity index (χ3v) is 4.31. The van der Waals surface area contributed by atoms with Crippen molar-refractivity contribution in [1.29, 1.82) is 0 Å². The number of benzene rings is 2. The fourth-order valence-corrected chi connectivity index (χ4v) is 3.08. The van der Waals surface area contributed by atoms with E-state index in [2.05, 4.69) is 43.4 Å². The van der Waals surface area contributed by atoms with Crippen molar-refractivity contribution in [1.82, 2.24) is 5.32 Å². The molecule has 0 aliphatic heterocycles. The maximum Gasteiger partial charge on any atom is 0.0439 e. The molecule has 21 heavy (non-hydrogen) atoms. The molecule has 0 radical (unpaired) electrons. The highest BCUT2D eigenvalue weighted by molar-refractivity contribution is 6.33. The van der Waals surface area contributed by atoms with Gasteiger partial charge in [-0.15, -0.1) is 0 Å². The van der Waals surface area contributed by atoms with Gasteiger partial charge < -0.3 is 5.32 Å². The van der Waals surface area contributed by atoms with Crippen LogP contribution in [0.3, 0.4) is 0 Å². The second kappa shape index (κ2) is 7.84. The molecule has 0 saturated heterocycles. The highest BCUT2D eigenvalue weighted by Gasteiger charge is 2.19. The molecule has 0 spiro atoms. The van der Waals surface area contributed by atoms with E-state index in [1.165, 1.54) is 5.56 Å². The Balaban J connectivity index is 2.19. The fourth-order valence-electron chi connectivity index (χ4n) is 2.69. The van der Waals surface area contributed by atoms with Gasteiger partial charge in [-0.05, 0) is 48.2 Å². The normalized spacial score (nSPS) is 13.9. The molecule has 2 aromatic rings. The van der Waals surface area contributed by atoms with Gasteiger partial charge in [-0.3, -0.25) is 0 Å². The highest BCUT2D eigenvalue weighted by atomic mass is 35.5. The van der Waals surface area contributed by atoms with Gasteiger partial charge in [0.1, 0.15) is 0 Å². The van der Waals surface area contributed by atoms with Crippen LogP contribution in [0.25, 0.3) is 0 Å². The molecule has 2 unspecified atom stereocenters. The molecule has 2 atom stereocenters. The average Bonchev–Trinajstić information content (AvgIpc) is 2.49. The average molecular weight is 322 g/mol. The van der Waals surface area contributed by atoms with E-state index in [9.17, 15) is 0 Å². The second-order valence-corrected chi connectivity index (χ2v) is 6.21. The number of hydrogen-bond acceptors (Lipinski definition) is 1. The van der Waals surface area contributed by atoms with Crippen LogP contribution in [0.1, 0.15) is 31.0 Å². The maximum absolute atomic E-state index is 6.29. The van der Waals surface area contributed by atoms with E-state index in [4.69, 9.17) is 23.2 Å². The minimum Gasteiger partial charge on any atom is -0.310 e. The quantitative estimate of drug-likeness (QED) is 0.738. The summed E-state index contributed by atoms with van der Waals surface area (Å²) >= 11 is 12.4. The topological polar surface area (TPSA) is 12.0 Å². The SMILES string of the molecule is CCNC(c1ccccc1)C(C)Cc1cc(Cl)ccc1Cl. The predicted octanol–water partition coefficient (Wildman–Crippen LogP) is 5.52. The van der Waals surface area contributed by atoms with Crippen LogP contribution in [0.2, 0.25) is 10.0 Å². The van der Waals surface area contributed by atoms with E-state index >= 15 is 0 Å². The van der Waals surface area contributed by atoms with Crippen LogP contribution < -0.4 is 5.32 Å². The van der Waals surface area contributed by atoms with Crippen molar-refractivity contribution >= 4 is 23.2 Å². The lowest BCUT2D eigenvalue weighted by Gasteiger charge is -2.26. The van der Waals surface area contributed by atoms with Gasteiger partial charge in [-0.2, -0.15) is 0 Å². The fraction of sp³-hybridized carbons (Fsp3) is 0.333. The smallest absolute Gasteiger partial charge is 0.0439 e. The summed E-state index contributed by atoms with van der Waals surface area (Å²) in [5.41, 5.74) is 2.42. The summed E-state index contributed by atoms with van der Waals surface area (Å²) in [6.45, 7) is 5.32. The minimum atomic E-state index is 0.311. The summed E-state index contributed by atoms with van der Waals surface area (Å²) in [5, 5.41) is 5.10. The zero-order valence-electron chi connectivity index (χ0n) is 12.4. The van der Waals surface area contributed by atoms with E-state index in [1.54, 1.807) is 0 Å². The summed E-state index contributed by atoms with van der Waals surface area (Å²) < 4.78 is 0. The van der Waals surface area contributed by atoms with Gasteiger partial charge in [0.2, 0.25) is 0 Å². The van der Waals surface area contributed by atoms with E-state index in [0.29, 0.717) is 12.0 Å². The molecule has 2 aromatic carbocycles. The summed E-state index contributed by atoms with van der Waals surface area (Å²) in [4.78, 5) is 0. The van der Waals surface area contributed by atoms with Gasteiger partial charge in [0, 0.05) is 16.1 Å². The van der Waals surface area contributed by atoms with Crippen LogP contribution in [0.5, 0.6) is 0 Å². The van der Waals surface area contributed by atoms with Gasteiger partial charge in [0.15, 0.2) is 0 Å². The van der Waals surface area contributed by atoms with Crippen LogP contribution in [0, 0.1) is 5.92 Å². The Morgan fingerprint density at radius 3 is 2.43 bits per heavy atom. The molecule has 0 saturated carbocycles. The van der Waals surface area contributed by atoms with Gasteiger partial charge in [0.25, 0.3) is 0 Å². The molecule has 3 heteroatoms. The molecule has 0 amide bonds. The van der Waals surface area contributed by atoms with Crippen molar-refractivity contribution in [3.05, 3.63) is 69.7 Å². The van der Waals surface area contributed by atoms with Crippen molar-refractivity contribution in [2.24, 2.45) is 5.92 Å². The van der Waals surface area contributed by atoms with E-state index in [1.807, 2.05) is 24.3 Å². The molecule has 2 rings (SSSR count). The molecule has 112 valence electrons. The van der Waals surface area contributed by atoms with Crippen molar-refractivity contribution in [3.8, 4) is 0 Å². The van der Waals surface area contributed by atoms with Crippen molar-refractivity contribution in [2.45, 2.75) is 26.3 Å². The van der Waals surface area contributed by atoms with Gasteiger partial charge in [-0.1, -0.05) is 67.4 Å². The largest absolute Gasteiger partial charge is 0.310 e. The molecule has 0 aliphatic carbocycles. The summed E-state index contributed by atoms with van der Waals surface area (Å²) in [7, 11) is 0. The third kappa shape index (κ3) is 4.47. The molecule has 0 aromatic heterocycles. The lowest BCUT2D eigenvalue weighted by molar-refractivity contribution is 0.391. The van der Waals surface area contributed by atoms with Crippen LogP contribution in [0.15, 0.2) is 48.5 Å². The first-order chi connectivity index (χ1) is 10.1. The van der Waals surface area contributed by atoms with Crippen molar-refractivity contribution in [2.75, 3.05) is 6.54 Å². The van der Waals surface area contributed by atoms with Crippen molar-refractivity contribution in [3.63, 3.8) is 0 Å². The zero-order valence-corrected chi connectivity index (χ0v) is 14.0. The molecule has 0 heterocycles. The lowest BCUT2D eigenvalue weighted by atomic mass is 9.89. The van der Waals surface area contributed by atoms with Gasteiger partial charge in [0.05, 0.1) is 0 Å². The molecule has 0 fully saturated rings. The van der Waals surface area contributed by atoms with E-state index in [0.717, 1.165) is 28.6 Å². The Morgan fingerprint density at radius 2 is 1.76 bits per heavy atom. The molecular weight excluding hydrogens is 301 g/mol. The molecular formula is C18H21Cl2N. The number of halogens is 2. The monoisotopic (exact) mass is 321 g/mol. The third-order valence-electron chi connectivity index (χ3n) is 3.70. The Labute approximate surface area is 137 Å². The minimum absolute atomic E-state index is 0.311. The highest BCUT2D eigenvalue weighted by Crippen LogP contribution is 2.29. The first kappa shape index (κ1) is 16.4. The first-order valence-electron chi connectivity index (χ1n) is 7.34. The van der Waals surface area contributed by atoms with E-state index in [-0.39, 0.29) is 0 Å². The molecule has 0 bridgehead atoms. The number of hydrogen-bond donors (Lipinski definition) is 1. The Hall–Kier alpha value is -1.02.